The molecule has 158 valence electrons. The molecule has 0 aliphatic heterocycles. The molecule has 1 aromatic heterocycles. The van der Waals surface area contributed by atoms with Crippen molar-refractivity contribution in [2.75, 3.05) is 11.1 Å². The van der Waals surface area contributed by atoms with E-state index in [4.69, 9.17) is 10.5 Å². The highest BCUT2D eigenvalue weighted by atomic mass is 35.5. The molecule has 0 fully saturated rings. The number of phenolic OH excluding ortho intramolecular Hbond substituents is 1. The largest absolute Gasteiger partial charge is 0.508 e. The number of nitrogens with zero attached hydrogens (tertiary/aromatic N) is 1. The zero-order chi connectivity index (χ0) is 21.1. The zero-order valence-corrected chi connectivity index (χ0v) is 17.6. The van der Waals surface area contributed by atoms with Gasteiger partial charge in [-0.1, -0.05) is 18.2 Å². The summed E-state index contributed by atoms with van der Waals surface area (Å²) < 4.78 is 5.76. The van der Waals surface area contributed by atoms with Gasteiger partial charge in [0.2, 0.25) is 0 Å². The minimum Gasteiger partial charge on any atom is -0.508 e. The van der Waals surface area contributed by atoms with Crippen molar-refractivity contribution >= 4 is 40.6 Å². The van der Waals surface area contributed by atoms with Crippen molar-refractivity contribution in [2.45, 2.75) is 13.5 Å². The smallest absolute Gasteiger partial charge is 0.256 e. The van der Waals surface area contributed by atoms with Gasteiger partial charge in [-0.2, -0.15) is 0 Å². The first-order chi connectivity index (χ1) is 14.5. The molecule has 3 aromatic carbocycles. The van der Waals surface area contributed by atoms with Crippen LogP contribution in [-0.4, -0.2) is 16.0 Å². The molecule has 0 atom stereocenters. The molecular weight excluding hydrogens is 414 g/mol. The average molecular weight is 436 g/mol. The number of nitrogens with one attached hydrogen (secondary N) is 1. The third-order valence-corrected chi connectivity index (χ3v) is 4.72. The minimum absolute atomic E-state index is 0. The number of amides is 1. The van der Waals surface area contributed by atoms with E-state index in [1.54, 1.807) is 30.3 Å². The van der Waals surface area contributed by atoms with Crippen molar-refractivity contribution in [2.24, 2.45) is 0 Å². The van der Waals surface area contributed by atoms with Crippen molar-refractivity contribution in [3.63, 3.8) is 0 Å². The number of pyridine rings is 1. The minimum atomic E-state index is -0.238. The van der Waals surface area contributed by atoms with E-state index >= 15 is 0 Å². The maximum Gasteiger partial charge on any atom is 0.256 e. The Morgan fingerprint density at radius 3 is 2.58 bits per heavy atom. The van der Waals surface area contributed by atoms with Crippen LogP contribution >= 0.6 is 12.4 Å². The number of fused-ring (bicyclic) bond motifs is 1. The second-order valence-corrected chi connectivity index (χ2v) is 6.98. The Bertz CT molecular complexity index is 1230. The van der Waals surface area contributed by atoms with Gasteiger partial charge in [-0.25, -0.2) is 0 Å². The summed E-state index contributed by atoms with van der Waals surface area (Å²) in [5.74, 6) is 0.539. The van der Waals surface area contributed by atoms with Crippen molar-refractivity contribution in [1.29, 1.82) is 0 Å². The molecule has 0 aliphatic rings. The second-order valence-electron chi connectivity index (χ2n) is 6.98. The topological polar surface area (TPSA) is 97.5 Å². The number of halogens is 1. The predicted octanol–water partition coefficient (Wildman–Crippen LogP) is 5.08. The van der Waals surface area contributed by atoms with Gasteiger partial charge in [0.05, 0.1) is 5.52 Å². The highest BCUT2D eigenvalue weighted by Gasteiger charge is 2.13. The van der Waals surface area contributed by atoms with Crippen LogP contribution in [0.1, 0.15) is 21.6 Å². The summed E-state index contributed by atoms with van der Waals surface area (Å²) in [6.07, 6.45) is 0. The van der Waals surface area contributed by atoms with Crippen molar-refractivity contribution < 1.29 is 14.6 Å². The quantitative estimate of drug-likeness (QED) is 0.406. The van der Waals surface area contributed by atoms with Crippen LogP contribution in [0.15, 0.2) is 72.8 Å². The number of carbonyl (C=O) groups excluding carboxylic acids is 1. The van der Waals surface area contributed by atoms with Crippen LogP contribution in [0.2, 0.25) is 0 Å². The first-order valence-corrected chi connectivity index (χ1v) is 9.47. The first-order valence-electron chi connectivity index (χ1n) is 9.47. The second kappa shape index (κ2) is 9.36. The van der Waals surface area contributed by atoms with Crippen LogP contribution in [0.25, 0.3) is 10.9 Å². The number of aromatic hydroxyl groups is 1. The van der Waals surface area contributed by atoms with Crippen LogP contribution in [0, 0.1) is 6.92 Å². The number of rotatable bonds is 5. The molecule has 6 nitrogen and oxygen atoms in total. The van der Waals surface area contributed by atoms with E-state index in [2.05, 4.69) is 10.3 Å². The molecule has 4 N–H and O–H groups in total. The number of hydrogen-bond acceptors (Lipinski definition) is 5. The maximum atomic E-state index is 12.9. The molecule has 4 rings (SSSR count). The lowest BCUT2D eigenvalue weighted by molar-refractivity contribution is 0.102. The molecule has 0 radical (unpaired) electrons. The third-order valence-electron chi connectivity index (χ3n) is 4.72. The Hall–Kier alpha value is -3.77. The zero-order valence-electron chi connectivity index (χ0n) is 16.8. The number of nitrogen functional groups attached to an aromatic ring is 1. The highest BCUT2D eigenvalue weighted by Crippen LogP contribution is 2.25. The number of ether oxygens (including phenoxy) is 1. The monoisotopic (exact) mass is 435 g/mol. The molecule has 0 unspecified atom stereocenters. The summed E-state index contributed by atoms with van der Waals surface area (Å²) in [6.45, 7) is 2.12. The molecule has 0 bridgehead atoms. The van der Waals surface area contributed by atoms with Gasteiger partial charge in [0.25, 0.3) is 5.91 Å². The molecule has 31 heavy (non-hydrogen) atoms. The van der Waals surface area contributed by atoms with Crippen LogP contribution in [0.4, 0.5) is 11.4 Å². The highest BCUT2D eigenvalue weighted by molar-refractivity contribution is 6.06. The van der Waals surface area contributed by atoms with Crippen LogP contribution in [0.3, 0.4) is 0 Å². The van der Waals surface area contributed by atoms with E-state index in [0.717, 1.165) is 22.2 Å². The Morgan fingerprint density at radius 2 is 1.81 bits per heavy atom. The van der Waals surface area contributed by atoms with E-state index < -0.39 is 0 Å². The van der Waals surface area contributed by atoms with E-state index in [-0.39, 0.29) is 30.7 Å². The Morgan fingerprint density at radius 1 is 1.06 bits per heavy atom. The fraction of sp³-hybridized carbons (Fsp3) is 0.0833. The number of nitrogens with two attached hydrogens (primary N) is 1. The summed E-state index contributed by atoms with van der Waals surface area (Å²) in [5, 5.41) is 13.1. The van der Waals surface area contributed by atoms with Gasteiger partial charge >= 0.3 is 0 Å². The van der Waals surface area contributed by atoms with Crippen molar-refractivity contribution in [3.8, 4) is 11.5 Å². The van der Waals surface area contributed by atoms with Gasteiger partial charge < -0.3 is 20.9 Å². The third kappa shape index (κ3) is 5.05. The maximum absolute atomic E-state index is 12.9. The number of phenols is 1. The van der Waals surface area contributed by atoms with E-state index in [1.807, 2.05) is 49.4 Å². The van der Waals surface area contributed by atoms with Gasteiger partial charge in [-0.05, 0) is 61.5 Å². The molecule has 1 heterocycles. The predicted molar refractivity (Wildman–Crippen MR) is 125 cm³/mol. The van der Waals surface area contributed by atoms with Gasteiger partial charge in [-0.15, -0.1) is 12.4 Å². The number of carbonyl (C=O) groups is 1. The molecule has 7 heteroatoms. The molecule has 0 aliphatic carbocycles. The normalized spacial score (nSPS) is 10.4. The van der Waals surface area contributed by atoms with Gasteiger partial charge in [0.1, 0.15) is 18.1 Å². The Balaban J connectivity index is 0.00000272. The molecule has 0 saturated carbocycles. The summed E-state index contributed by atoms with van der Waals surface area (Å²) >= 11 is 0. The Kier molecular flexibility index (Phi) is 6.62. The van der Waals surface area contributed by atoms with Crippen molar-refractivity contribution in [1.82, 2.24) is 4.98 Å². The standard InChI is InChI=1S/C24H21N3O3.ClH/c1-15-12-22(25)21-13-17(6-11-23(21)26-15)27-24(29)20-5-3-2-4-16(20)14-30-19-9-7-18(28)8-10-19;/h2-13,28H,14H2,1H3,(H2,25,26)(H,27,29);1H. The summed E-state index contributed by atoms with van der Waals surface area (Å²) in [7, 11) is 0. The van der Waals surface area contributed by atoms with Crippen LogP contribution in [-0.2, 0) is 6.61 Å². The van der Waals surface area contributed by atoms with E-state index in [0.29, 0.717) is 22.7 Å². The summed E-state index contributed by atoms with van der Waals surface area (Å²) in [4.78, 5) is 17.4. The number of aryl methyl sites for hydroxylation is 1. The SMILES string of the molecule is Cc1cc(N)c2cc(NC(=O)c3ccccc3COc3ccc(O)cc3)ccc2n1.Cl. The van der Waals surface area contributed by atoms with Gasteiger partial charge in [0.15, 0.2) is 0 Å². The van der Waals surface area contributed by atoms with Gasteiger partial charge in [-0.3, -0.25) is 9.78 Å². The van der Waals surface area contributed by atoms with E-state index in [9.17, 15) is 9.90 Å². The molecule has 0 spiro atoms. The fourth-order valence-corrected chi connectivity index (χ4v) is 3.24. The molecule has 4 aromatic rings. The lowest BCUT2D eigenvalue weighted by Gasteiger charge is -2.12. The first kappa shape index (κ1) is 21.9. The number of anilines is 2. The number of benzene rings is 3. The molecular formula is C24H22ClN3O3. The van der Waals surface area contributed by atoms with Crippen LogP contribution < -0.4 is 15.8 Å². The lowest BCUT2D eigenvalue weighted by atomic mass is 10.1. The summed E-state index contributed by atoms with van der Waals surface area (Å²) in [6, 6.07) is 21.0. The average Bonchev–Trinajstić information content (AvgIpc) is 2.74. The molecule has 1 amide bonds. The fourth-order valence-electron chi connectivity index (χ4n) is 3.24. The van der Waals surface area contributed by atoms with Gasteiger partial charge in [0, 0.05) is 33.6 Å². The molecule has 0 saturated heterocycles. The lowest BCUT2D eigenvalue weighted by Crippen LogP contribution is -2.15. The summed E-state index contributed by atoms with van der Waals surface area (Å²) in [5.41, 5.74) is 10.3. The van der Waals surface area contributed by atoms with E-state index in [1.165, 1.54) is 0 Å². The van der Waals surface area contributed by atoms with Crippen LogP contribution in [0.5, 0.6) is 11.5 Å². The number of aromatic nitrogens is 1. The van der Waals surface area contributed by atoms with Crippen molar-refractivity contribution in [3.05, 3.63) is 89.6 Å². The number of hydrogen-bond donors (Lipinski definition) is 3. The Labute approximate surface area is 186 Å².